The van der Waals surface area contributed by atoms with Crippen LogP contribution in [0, 0.1) is 6.92 Å². The highest BCUT2D eigenvalue weighted by Gasteiger charge is 2.09. The van der Waals surface area contributed by atoms with Crippen LogP contribution in [-0.4, -0.2) is 11.1 Å². The SMILES string of the molecule is Cc1cccc(-c2coc(C(=O)O)c2)c1. The number of furan rings is 1. The summed E-state index contributed by atoms with van der Waals surface area (Å²) in [5.74, 6) is -1.08. The molecule has 0 unspecified atom stereocenters. The van der Waals surface area contributed by atoms with E-state index in [-0.39, 0.29) is 5.76 Å². The highest BCUT2D eigenvalue weighted by Crippen LogP contribution is 2.22. The lowest BCUT2D eigenvalue weighted by Gasteiger charge is -1.97. The molecule has 2 rings (SSSR count). The van der Waals surface area contributed by atoms with Gasteiger partial charge in [0.1, 0.15) is 0 Å². The van der Waals surface area contributed by atoms with Gasteiger partial charge in [-0.2, -0.15) is 0 Å². The third-order valence-corrected chi connectivity index (χ3v) is 2.16. The molecule has 76 valence electrons. The summed E-state index contributed by atoms with van der Waals surface area (Å²) < 4.78 is 4.92. The molecule has 0 saturated carbocycles. The summed E-state index contributed by atoms with van der Waals surface area (Å²) in [6.07, 6.45) is 1.46. The van der Waals surface area contributed by atoms with Gasteiger partial charge < -0.3 is 9.52 Å². The van der Waals surface area contributed by atoms with E-state index in [0.717, 1.165) is 16.7 Å². The molecule has 0 fully saturated rings. The Labute approximate surface area is 87.0 Å². The molecule has 15 heavy (non-hydrogen) atoms. The fourth-order valence-electron chi connectivity index (χ4n) is 1.42. The maximum Gasteiger partial charge on any atom is 0.371 e. The summed E-state index contributed by atoms with van der Waals surface area (Å²) in [4.78, 5) is 10.6. The second-order valence-corrected chi connectivity index (χ2v) is 3.37. The summed E-state index contributed by atoms with van der Waals surface area (Å²) >= 11 is 0. The zero-order valence-corrected chi connectivity index (χ0v) is 8.23. The van der Waals surface area contributed by atoms with Crippen molar-refractivity contribution in [3.8, 4) is 11.1 Å². The third-order valence-electron chi connectivity index (χ3n) is 2.16. The number of carboxylic acid groups (broad SMARTS) is 1. The van der Waals surface area contributed by atoms with Crippen LogP contribution >= 0.6 is 0 Å². The Bertz CT molecular complexity index is 497. The Morgan fingerprint density at radius 1 is 1.27 bits per heavy atom. The zero-order chi connectivity index (χ0) is 10.8. The Morgan fingerprint density at radius 3 is 2.67 bits per heavy atom. The van der Waals surface area contributed by atoms with Gasteiger partial charge in [0, 0.05) is 5.56 Å². The molecule has 0 radical (unpaired) electrons. The Kier molecular flexibility index (Phi) is 2.29. The van der Waals surface area contributed by atoms with Gasteiger partial charge in [-0.05, 0) is 18.6 Å². The molecule has 3 nitrogen and oxygen atoms in total. The zero-order valence-electron chi connectivity index (χ0n) is 8.23. The van der Waals surface area contributed by atoms with Crippen molar-refractivity contribution in [3.05, 3.63) is 47.9 Å². The highest BCUT2D eigenvalue weighted by molar-refractivity contribution is 5.86. The van der Waals surface area contributed by atoms with Gasteiger partial charge in [-0.15, -0.1) is 0 Å². The maximum absolute atomic E-state index is 10.6. The van der Waals surface area contributed by atoms with Gasteiger partial charge in [0.25, 0.3) is 0 Å². The molecule has 3 heteroatoms. The quantitative estimate of drug-likeness (QED) is 0.814. The van der Waals surface area contributed by atoms with Gasteiger partial charge in [-0.25, -0.2) is 4.79 Å². The van der Waals surface area contributed by atoms with E-state index in [4.69, 9.17) is 9.52 Å². The van der Waals surface area contributed by atoms with Gasteiger partial charge >= 0.3 is 5.97 Å². The second-order valence-electron chi connectivity index (χ2n) is 3.37. The Hall–Kier alpha value is -2.03. The molecule has 0 aliphatic rings. The largest absolute Gasteiger partial charge is 0.475 e. The fraction of sp³-hybridized carbons (Fsp3) is 0.0833. The van der Waals surface area contributed by atoms with E-state index < -0.39 is 5.97 Å². The topological polar surface area (TPSA) is 50.4 Å². The number of hydrogen-bond donors (Lipinski definition) is 1. The van der Waals surface area contributed by atoms with Crippen LogP contribution < -0.4 is 0 Å². The first-order chi connectivity index (χ1) is 7.16. The first-order valence-corrected chi connectivity index (χ1v) is 4.55. The molecular weight excluding hydrogens is 192 g/mol. The molecular formula is C12H10O3. The summed E-state index contributed by atoms with van der Waals surface area (Å²) in [6.45, 7) is 1.99. The molecule has 1 N–H and O–H groups in total. The molecule has 0 aliphatic carbocycles. The predicted octanol–water partition coefficient (Wildman–Crippen LogP) is 2.95. The molecule has 0 bridgehead atoms. The van der Waals surface area contributed by atoms with Gasteiger partial charge in [-0.3, -0.25) is 0 Å². The van der Waals surface area contributed by atoms with Crippen LogP contribution in [0.15, 0.2) is 41.0 Å². The molecule has 1 aromatic carbocycles. The van der Waals surface area contributed by atoms with E-state index >= 15 is 0 Å². The van der Waals surface area contributed by atoms with Crippen LogP contribution in [0.1, 0.15) is 16.1 Å². The standard InChI is InChI=1S/C12H10O3/c1-8-3-2-4-9(5-8)10-6-11(12(13)14)15-7-10/h2-7H,1H3,(H,13,14). The number of rotatable bonds is 2. The Morgan fingerprint density at radius 2 is 2.07 bits per heavy atom. The van der Waals surface area contributed by atoms with E-state index in [1.54, 1.807) is 0 Å². The van der Waals surface area contributed by atoms with Crippen LogP contribution in [0.2, 0.25) is 0 Å². The van der Waals surface area contributed by atoms with E-state index in [2.05, 4.69) is 0 Å². The van der Waals surface area contributed by atoms with Gasteiger partial charge in [0.05, 0.1) is 6.26 Å². The van der Waals surface area contributed by atoms with E-state index in [1.807, 2.05) is 31.2 Å². The first kappa shape index (κ1) is 9.52. The van der Waals surface area contributed by atoms with Crippen LogP contribution in [0.3, 0.4) is 0 Å². The molecule has 0 spiro atoms. The highest BCUT2D eigenvalue weighted by atomic mass is 16.4. The number of aromatic carboxylic acids is 1. The smallest absolute Gasteiger partial charge is 0.371 e. The van der Waals surface area contributed by atoms with Crippen LogP contribution in [0.5, 0.6) is 0 Å². The molecule has 0 aliphatic heterocycles. The van der Waals surface area contributed by atoms with Gasteiger partial charge in [0.2, 0.25) is 5.76 Å². The second kappa shape index (κ2) is 3.61. The van der Waals surface area contributed by atoms with Gasteiger partial charge in [0.15, 0.2) is 0 Å². The summed E-state index contributed by atoms with van der Waals surface area (Å²) in [5, 5.41) is 8.71. The molecule has 0 saturated heterocycles. The van der Waals surface area contributed by atoms with Crippen molar-refractivity contribution in [2.24, 2.45) is 0 Å². The van der Waals surface area contributed by atoms with Crippen molar-refractivity contribution >= 4 is 5.97 Å². The lowest BCUT2D eigenvalue weighted by molar-refractivity contribution is 0.0662. The van der Waals surface area contributed by atoms with Crippen molar-refractivity contribution < 1.29 is 14.3 Å². The van der Waals surface area contributed by atoms with Gasteiger partial charge in [-0.1, -0.05) is 29.8 Å². The van der Waals surface area contributed by atoms with Crippen molar-refractivity contribution in [1.82, 2.24) is 0 Å². The molecule has 2 aromatic rings. The van der Waals surface area contributed by atoms with Crippen molar-refractivity contribution in [2.45, 2.75) is 6.92 Å². The minimum absolute atomic E-state index is 0.0356. The first-order valence-electron chi connectivity index (χ1n) is 4.55. The Balaban J connectivity index is 2.41. The molecule has 0 amide bonds. The van der Waals surface area contributed by atoms with Crippen molar-refractivity contribution in [1.29, 1.82) is 0 Å². The maximum atomic E-state index is 10.6. The number of aryl methyl sites for hydroxylation is 1. The van der Waals surface area contributed by atoms with E-state index in [1.165, 1.54) is 12.3 Å². The predicted molar refractivity (Wildman–Crippen MR) is 55.8 cm³/mol. The average Bonchev–Trinajstić information content (AvgIpc) is 2.66. The number of carbonyl (C=O) groups is 1. The average molecular weight is 202 g/mol. The number of benzene rings is 1. The number of carboxylic acids is 1. The summed E-state index contributed by atoms with van der Waals surface area (Å²) in [7, 11) is 0. The normalized spacial score (nSPS) is 10.2. The minimum Gasteiger partial charge on any atom is -0.475 e. The van der Waals surface area contributed by atoms with Crippen LogP contribution in [0.25, 0.3) is 11.1 Å². The summed E-state index contributed by atoms with van der Waals surface area (Å²) in [6, 6.07) is 9.34. The van der Waals surface area contributed by atoms with Crippen molar-refractivity contribution in [2.75, 3.05) is 0 Å². The minimum atomic E-state index is -1.05. The van der Waals surface area contributed by atoms with Crippen LogP contribution in [0.4, 0.5) is 0 Å². The summed E-state index contributed by atoms with van der Waals surface area (Å²) in [5.41, 5.74) is 2.88. The lowest BCUT2D eigenvalue weighted by atomic mass is 10.1. The molecule has 1 heterocycles. The van der Waals surface area contributed by atoms with E-state index in [9.17, 15) is 4.79 Å². The fourth-order valence-corrected chi connectivity index (χ4v) is 1.42. The number of hydrogen-bond acceptors (Lipinski definition) is 2. The van der Waals surface area contributed by atoms with Crippen LogP contribution in [-0.2, 0) is 0 Å². The molecule has 0 atom stereocenters. The van der Waals surface area contributed by atoms with Crippen molar-refractivity contribution in [3.63, 3.8) is 0 Å². The van der Waals surface area contributed by atoms with E-state index in [0.29, 0.717) is 0 Å². The molecule has 1 aromatic heterocycles. The third kappa shape index (κ3) is 1.91. The lowest BCUT2D eigenvalue weighted by Crippen LogP contribution is -1.91. The monoisotopic (exact) mass is 202 g/mol.